The van der Waals surface area contributed by atoms with Crippen LogP contribution in [0, 0.1) is 0 Å². The number of rotatable bonds is 7. The van der Waals surface area contributed by atoms with Crippen LogP contribution >= 0.6 is 0 Å². The van der Waals surface area contributed by atoms with Crippen molar-refractivity contribution < 1.29 is 4.74 Å². The van der Waals surface area contributed by atoms with Crippen molar-refractivity contribution in [2.75, 3.05) is 43.1 Å². The molecule has 28 heavy (non-hydrogen) atoms. The number of nitrogens with one attached hydrogen (secondary N) is 1. The normalized spacial score (nSPS) is 14.1. The highest BCUT2D eigenvalue weighted by Gasteiger charge is 2.15. The van der Waals surface area contributed by atoms with Crippen LogP contribution in [0.2, 0.25) is 0 Å². The molecule has 144 valence electrons. The maximum Gasteiger partial charge on any atom is 0.163 e. The fraction of sp³-hybridized carbons (Fsp3) is 0.304. The summed E-state index contributed by atoms with van der Waals surface area (Å²) in [5.74, 6) is 2.60. The molecule has 3 aromatic rings. The van der Waals surface area contributed by atoms with E-state index in [0.29, 0.717) is 0 Å². The Morgan fingerprint density at radius 1 is 0.893 bits per heavy atom. The third kappa shape index (κ3) is 4.87. The fourth-order valence-electron chi connectivity index (χ4n) is 3.35. The van der Waals surface area contributed by atoms with E-state index in [1.807, 2.05) is 18.2 Å². The molecule has 5 nitrogen and oxygen atoms in total. The molecular weight excluding hydrogens is 348 g/mol. The van der Waals surface area contributed by atoms with Crippen LogP contribution in [-0.2, 0) is 11.2 Å². The first-order chi connectivity index (χ1) is 13.9. The lowest BCUT2D eigenvalue weighted by molar-refractivity contribution is 0.122. The van der Waals surface area contributed by atoms with Crippen molar-refractivity contribution in [2.24, 2.45) is 0 Å². The van der Waals surface area contributed by atoms with Crippen molar-refractivity contribution in [3.63, 3.8) is 0 Å². The van der Waals surface area contributed by atoms with E-state index in [0.717, 1.165) is 68.7 Å². The Morgan fingerprint density at radius 2 is 1.61 bits per heavy atom. The van der Waals surface area contributed by atoms with Gasteiger partial charge in [-0.25, -0.2) is 9.97 Å². The highest BCUT2D eigenvalue weighted by molar-refractivity contribution is 5.61. The molecule has 4 rings (SSSR count). The number of nitrogens with zero attached hydrogens (tertiary/aromatic N) is 3. The predicted octanol–water partition coefficient (Wildman–Crippen LogP) is 4.02. The first-order valence-corrected chi connectivity index (χ1v) is 9.93. The number of aromatic nitrogens is 2. The molecule has 0 atom stereocenters. The fourth-order valence-corrected chi connectivity index (χ4v) is 3.35. The molecule has 0 aliphatic carbocycles. The van der Waals surface area contributed by atoms with Crippen LogP contribution in [0.5, 0.6) is 0 Å². The van der Waals surface area contributed by atoms with E-state index in [1.54, 1.807) is 0 Å². The number of aryl methyl sites for hydroxylation is 1. The Labute approximate surface area is 166 Å². The molecule has 0 radical (unpaired) electrons. The van der Waals surface area contributed by atoms with E-state index >= 15 is 0 Å². The molecule has 1 saturated heterocycles. The topological polar surface area (TPSA) is 50.3 Å². The van der Waals surface area contributed by atoms with Gasteiger partial charge in [-0.05, 0) is 18.4 Å². The molecule has 2 heterocycles. The maximum atomic E-state index is 5.49. The molecule has 5 heteroatoms. The van der Waals surface area contributed by atoms with Gasteiger partial charge in [0.15, 0.2) is 5.82 Å². The molecular formula is C23H26N4O. The second-order valence-corrected chi connectivity index (χ2v) is 6.92. The van der Waals surface area contributed by atoms with E-state index in [-0.39, 0.29) is 0 Å². The van der Waals surface area contributed by atoms with Crippen LogP contribution in [0.3, 0.4) is 0 Å². The number of morpholine rings is 1. The minimum atomic E-state index is 0.741. The summed E-state index contributed by atoms with van der Waals surface area (Å²) in [5, 5.41) is 3.50. The van der Waals surface area contributed by atoms with E-state index in [9.17, 15) is 0 Å². The van der Waals surface area contributed by atoms with Gasteiger partial charge >= 0.3 is 0 Å². The molecule has 0 saturated carbocycles. The molecule has 1 aromatic heterocycles. The van der Waals surface area contributed by atoms with Gasteiger partial charge in [-0.15, -0.1) is 0 Å². The Hall–Kier alpha value is -2.92. The minimum Gasteiger partial charge on any atom is -0.378 e. The quantitative estimate of drug-likeness (QED) is 0.633. The highest BCUT2D eigenvalue weighted by Crippen LogP contribution is 2.23. The molecule has 1 fully saturated rings. The van der Waals surface area contributed by atoms with Crippen molar-refractivity contribution in [1.29, 1.82) is 0 Å². The zero-order valence-corrected chi connectivity index (χ0v) is 16.1. The standard InChI is InChI=1S/C23H26N4O/c1-3-8-19(9-4-1)10-7-13-24-21-18-22(27-14-16-28-17-15-27)26-23(25-21)20-11-5-2-6-12-20/h1-6,8-9,11-12,18H,7,10,13-17H2,(H,24,25,26). The lowest BCUT2D eigenvalue weighted by Crippen LogP contribution is -2.36. The van der Waals surface area contributed by atoms with Crippen LogP contribution in [0.15, 0.2) is 66.7 Å². The Bertz CT molecular complexity index is 864. The van der Waals surface area contributed by atoms with Gasteiger partial charge < -0.3 is 15.0 Å². The van der Waals surface area contributed by atoms with Crippen LogP contribution in [0.4, 0.5) is 11.6 Å². The number of ether oxygens (including phenoxy) is 1. The van der Waals surface area contributed by atoms with Crippen LogP contribution in [-0.4, -0.2) is 42.8 Å². The summed E-state index contributed by atoms with van der Waals surface area (Å²) < 4.78 is 5.49. The summed E-state index contributed by atoms with van der Waals surface area (Å²) >= 11 is 0. The van der Waals surface area contributed by atoms with Gasteiger partial charge in [0, 0.05) is 31.3 Å². The number of hydrogen-bond donors (Lipinski definition) is 1. The zero-order valence-electron chi connectivity index (χ0n) is 16.1. The average molecular weight is 374 g/mol. The van der Waals surface area contributed by atoms with Gasteiger partial charge in [0.2, 0.25) is 0 Å². The van der Waals surface area contributed by atoms with Gasteiger partial charge in [0.1, 0.15) is 11.6 Å². The van der Waals surface area contributed by atoms with Crippen molar-refractivity contribution in [3.05, 3.63) is 72.3 Å². The molecule has 0 amide bonds. The summed E-state index contributed by atoms with van der Waals surface area (Å²) in [6, 6.07) is 22.8. The van der Waals surface area contributed by atoms with E-state index < -0.39 is 0 Å². The predicted molar refractivity (Wildman–Crippen MR) is 114 cm³/mol. The van der Waals surface area contributed by atoms with Crippen molar-refractivity contribution in [2.45, 2.75) is 12.8 Å². The summed E-state index contributed by atoms with van der Waals surface area (Å²) in [7, 11) is 0. The monoisotopic (exact) mass is 374 g/mol. The third-order valence-electron chi connectivity index (χ3n) is 4.87. The molecule has 1 aliphatic rings. The number of hydrogen-bond acceptors (Lipinski definition) is 5. The van der Waals surface area contributed by atoms with E-state index in [1.165, 1.54) is 5.56 Å². The average Bonchev–Trinajstić information content (AvgIpc) is 2.78. The maximum absolute atomic E-state index is 5.49. The summed E-state index contributed by atoms with van der Waals surface area (Å²) in [5.41, 5.74) is 2.40. The lowest BCUT2D eigenvalue weighted by atomic mass is 10.1. The van der Waals surface area contributed by atoms with E-state index in [2.05, 4.69) is 58.7 Å². The smallest absolute Gasteiger partial charge is 0.163 e. The zero-order chi connectivity index (χ0) is 19.0. The van der Waals surface area contributed by atoms with Gasteiger partial charge in [-0.3, -0.25) is 0 Å². The summed E-state index contributed by atoms with van der Waals surface area (Å²) in [6.07, 6.45) is 2.11. The Balaban J connectivity index is 1.48. The largest absolute Gasteiger partial charge is 0.378 e. The first kappa shape index (κ1) is 18.4. The first-order valence-electron chi connectivity index (χ1n) is 9.93. The van der Waals surface area contributed by atoms with Gasteiger partial charge in [-0.2, -0.15) is 0 Å². The van der Waals surface area contributed by atoms with Crippen LogP contribution < -0.4 is 10.2 Å². The summed E-state index contributed by atoms with van der Waals surface area (Å²) in [4.78, 5) is 11.9. The van der Waals surface area contributed by atoms with Crippen LogP contribution in [0.25, 0.3) is 11.4 Å². The third-order valence-corrected chi connectivity index (χ3v) is 4.87. The molecule has 1 aliphatic heterocycles. The van der Waals surface area contributed by atoms with Gasteiger partial charge in [0.05, 0.1) is 13.2 Å². The molecule has 0 spiro atoms. The van der Waals surface area contributed by atoms with Crippen molar-refractivity contribution >= 4 is 11.6 Å². The SMILES string of the molecule is c1ccc(CCCNc2cc(N3CCOCC3)nc(-c3ccccc3)n2)cc1. The second kappa shape index (κ2) is 9.33. The Kier molecular flexibility index (Phi) is 6.15. The second-order valence-electron chi connectivity index (χ2n) is 6.92. The van der Waals surface area contributed by atoms with Crippen molar-refractivity contribution in [3.8, 4) is 11.4 Å². The Morgan fingerprint density at radius 3 is 2.36 bits per heavy atom. The molecule has 1 N–H and O–H groups in total. The van der Waals surface area contributed by atoms with Crippen LogP contribution in [0.1, 0.15) is 12.0 Å². The number of benzene rings is 2. The minimum absolute atomic E-state index is 0.741. The number of anilines is 2. The van der Waals surface area contributed by atoms with Gasteiger partial charge in [-0.1, -0.05) is 60.7 Å². The summed E-state index contributed by atoms with van der Waals surface area (Å²) in [6.45, 7) is 4.08. The van der Waals surface area contributed by atoms with E-state index in [4.69, 9.17) is 14.7 Å². The molecule has 0 unspecified atom stereocenters. The highest BCUT2D eigenvalue weighted by atomic mass is 16.5. The van der Waals surface area contributed by atoms with Crippen molar-refractivity contribution in [1.82, 2.24) is 9.97 Å². The molecule has 2 aromatic carbocycles. The molecule has 0 bridgehead atoms. The van der Waals surface area contributed by atoms with Gasteiger partial charge in [0.25, 0.3) is 0 Å². The lowest BCUT2D eigenvalue weighted by Gasteiger charge is -2.28.